The van der Waals surface area contributed by atoms with Crippen LogP contribution >= 0.6 is 0 Å². The minimum Gasteiger partial charge on any atom is -0.309 e. The van der Waals surface area contributed by atoms with E-state index in [1.54, 1.807) is 0 Å². The lowest BCUT2D eigenvalue weighted by molar-refractivity contribution is 1.07. The average Bonchev–Trinajstić information content (AvgIpc) is 1.04. The van der Waals surface area contributed by atoms with Crippen molar-refractivity contribution in [2.75, 3.05) is 0 Å². The van der Waals surface area contributed by atoms with Gasteiger partial charge in [-0.25, -0.2) is 19.9 Å². The van der Waals surface area contributed by atoms with Gasteiger partial charge in [-0.2, -0.15) is 0 Å². The van der Waals surface area contributed by atoms with Crippen molar-refractivity contribution in [2.45, 2.75) is 34.6 Å². The van der Waals surface area contributed by atoms with Gasteiger partial charge in [0.1, 0.15) is 0 Å². The van der Waals surface area contributed by atoms with E-state index in [4.69, 9.17) is 19.9 Å². The van der Waals surface area contributed by atoms with Crippen molar-refractivity contribution in [1.82, 2.24) is 33.6 Å². The highest BCUT2D eigenvalue weighted by molar-refractivity contribution is 6.13. The van der Waals surface area contributed by atoms with Gasteiger partial charge in [-0.05, 0) is 153 Å². The molecule has 0 saturated heterocycles. The Hall–Kier alpha value is -12.6. The highest BCUT2D eigenvalue weighted by Gasteiger charge is 2.30. The van der Waals surface area contributed by atoms with Gasteiger partial charge in [-0.1, -0.05) is 229 Å². The van der Waals surface area contributed by atoms with Crippen LogP contribution in [0.2, 0.25) is 0 Å². The highest BCUT2D eigenvalue weighted by atomic mass is 15.0. The van der Waals surface area contributed by atoms with Crippen molar-refractivity contribution in [3.8, 4) is 107 Å². The molecule has 0 aliphatic heterocycles. The van der Waals surface area contributed by atoms with Gasteiger partial charge in [0.25, 0.3) is 0 Å². The van der Waals surface area contributed by atoms with E-state index in [2.05, 4.69) is 315 Å². The molecule has 18 rings (SSSR count). The van der Waals surface area contributed by atoms with Gasteiger partial charge in [0.05, 0.1) is 44.5 Å². The van der Waals surface area contributed by atoms with Gasteiger partial charge in [0.15, 0.2) is 17.5 Å². The molecule has 0 atom stereocenters. The number of hydrogen-bond acceptors (Lipinski definition) is 4. The number of pyridine rings is 1. The Morgan fingerprint density at radius 2 is 0.561 bits per heavy atom. The molecule has 0 N–H and O–H groups in total. The minimum absolute atomic E-state index is 0.556. The predicted octanol–water partition coefficient (Wildman–Crippen LogP) is 23.4. The third-order valence-electron chi connectivity index (χ3n) is 19.8. The summed E-state index contributed by atoms with van der Waals surface area (Å²) < 4.78 is 7.20. The molecule has 0 fully saturated rings. The number of fused-ring (bicyclic) bond motifs is 9. The molecule has 0 aliphatic rings. The zero-order valence-corrected chi connectivity index (χ0v) is 55.0. The number of hydrogen-bond donors (Lipinski definition) is 0. The van der Waals surface area contributed by atoms with Crippen LogP contribution in [0.4, 0.5) is 0 Å². The monoisotopic (exact) mass is 1260 g/mol. The van der Waals surface area contributed by atoms with Crippen LogP contribution in [0, 0.1) is 34.6 Å². The summed E-state index contributed by atoms with van der Waals surface area (Å²) in [5.74, 6) is 1.73. The van der Waals surface area contributed by atoms with Crippen molar-refractivity contribution < 1.29 is 0 Å². The molecule has 0 unspecified atom stereocenters. The molecular formula is C91H65N7. The van der Waals surface area contributed by atoms with E-state index in [0.29, 0.717) is 17.5 Å². The van der Waals surface area contributed by atoms with Crippen LogP contribution in [0.25, 0.3) is 173 Å². The van der Waals surface area contributed by atoms with Gasteiger partial charge in [-0.3, -0.25) is 0 Å². The van der Waals surface area contributed by atoms with Gasteiger partial charge >= 0.3 is 0 Å². The molecular weight excluding hydrogens is 1190 g/mol. The first-order chi connectivity index (χ1) is 48.2. The maximum atomic E-state index is 6.25. The number of aryl methyl sites for hydroxylation is 5. The Bertz CT molecular complexity index is 6120. The summed E-state index contributed by atoms with van der Waals surface area (Å²) in [6.07, 6.45) is 0. The number of nitrogens with zero attached hydrogens (tertiary/aromatic N) is 7. The van der Waals surface area contributed by atoms with E-state index in [9.17, 15) is 0 Å². The summed E-state index contributed by atoms with van der Waals surface area (Å²) >= 11 is 0. The Kier molecular flexibility index (Phi) is 13.9. The molecule has 0 radical (unpaired) electrons. The fourth-order valence-electron chi connectivity index (χ4n) is 15.2. The predicted molar refractivity (Wildman–Crippen MR) is 408 cm³/mol. The van der Waals surface area contributed by atoms with Crippen molar-refractivity contribution in [1.29, 1.82) is 0 Å². The summed E-state index contributed by atoms with van der Waals surface area (Å²) in [7, 11) is 0. The van der Waals surface area contributed by atoms with Crippen LogP contribution in [0.15, 0.2) is 303 Å². The van der Waals surface area contributed by atoms with E-state index < -0.39 is 0 Å². The highest BCUT2D eigenvalue weighted by Crippen LogP contribution is 2.53. The quantitative estimate of drug-likeness (QED) is 0.129. The molecule has 0 bridgehead atoms. The van der Waals surface area contributed by atoms with Crippen molar-refractivity contribution in [3.05, 3.63) is 331 Å². The Labute approximate surface area is 568 Å². The van der Waals surface area contributed by atoms with Crippen LogP contribution < -0.4 is 0 Å². The van der Waals surface area contributed by atoms with Crippen LogP contribution in [0.5, 0.6) is 0 Å². The molecule has 7 nitrogen and oxygen atoms in total. The first kappa shape index (κ1) is 58.0. The smallest absolute Gasteiger partial charge is 0.164 e. The molecule has 98 heavy (non-hydrogen) atoms. The van der Waals surface area contributed by atoms with Crippen molar-refractivity contribution in [2.24, 2.45) is 0 Å². The number of aromatic nitrogens is 7. The molecule has 5 heterocycles. The largest absolute Gasteiger partial charge is 0.309 e. The lowest BCUT2D eigenvalue weighted by Gasteiger charge is -2.26. The molecule has 0 saturated carbocycles. The normalized spacial score (nSPS) is 11.7. The minimum atomic E-state index is 0.556. The second kappa shape index (κ2) is 23.4. The van der Waals surface area contributed by atoms with E-state index in [-0.39, 0.29) is 0 Å². The zero-order valence-electron chi connectivity index (χ0n) is 55.0. The van der Waals surface area contributed by atoms with Gasteiger partial charge in [0, 0.05) is 93.9 Å². The Balaban J connectivity index is 0.955. The Morgan fingerprint density at radius 1 is 0.214 bits per heavy atom. The van der Waals surface area contributed by atoms with Crippen LogP contribution in [0.1, 0.15) is 27.8 Å². The second-order valence-electron chi connectivity index (χ2n) is 26.0. The van der Waals surface area contributed by atoms with E-state index >= 15 is 0 Å². The molecule has 18 aromatic rings. The van der Waals surface area contributed by atoms with Gasteiger partial charge < -0.3 is 13.7 Å². The number of para-hydroxylation sites is 3. The lowest BCUT2D eigenvalue weighted by atomic mass is 9.80. The SMILES string of the molecule is Cc1ccc2c(c1)c1ccccc1n2-c1ccc(-c2nc(-c3ccc(-n4c5ccccc5c5cc(C)ccc54)cc3)c(-c3c(C)cccc3C)c(-c3ccccc3-c3nc(-c4ccccc4)nc(-c4ccccc4)n3)c2-c2ccc(-n3c4ccccc4c4cc(C)ccc43)cc2)cc1. The van der Waals surface area contributed by atoms with E-state index in [0.717, 1.165) is 134 Å². The molecule has 13 aromatic carbocycles. The third kappa shape index (κ3) is 9.64. The lowest BCUT2D eigenvalue weighted by Crippen LogP contribution is -2.05. The van der Waals surface area contributed by atoms with Crippen LogP contribution in [-0.4, -0.2) is 33.6 Å². The van der Waals surface area contributed by atoms with Crippen LogP contribution in [0.3, 0.4) is 0 Å². The molecule has 0 aliphatic carbocycles. The van der Waals surface area contributed by atoms with E-state index in [1.807, 2.05) is 36.4 Å². The molecule has 7 heteroatoms. The number of rotatable bonds is 11. The third-order valence-corrected chi connectivity index (χ3v) is 19.8. The van der Waals surface area contributed by atoms with Gasteiger partial charge in [-0.15, -0.1) is 0 Å². The fourth-order valence-corrected chi connectivity index (χ4v) is 15.2. The Morgan fingerprint density at radius 3 is 0.990 bits per heavy atom. The standard InChI is InChI=1S/C91H65N7/c1-56-35-50-80-74(53-56)69-27-14-17-32-77(69)96(80)66-44-38-61(39-45-66)84-85(72-30-12-13-31-73(72)91-94-89(64-23-8-6-9-24-64)93-90(95-91)65-25-10-7-11-26-65)86(83-59(4)21-20-22-60(83)5)88(63-42-48-68(49-43-63)98-79-34-19-16-29-71(79)76-55-58(3)37-52-82(76)98)92-87(84)62-40-46-67(47-41-62)97-78-33-18-15-28-70(78)75-54-57(2)36-51-81(75)97/h6-55H,1-5H3. The van der Waals surface area contributed by atoms with E-state index in [1.165, 1.54) is 49.0 Å². The molecule has 464 valence electrons. The first-order valence-electron chi connectivity index (χ1n) is 33.6. The zero-order chi connectivity index (χ0) is 65.7. The van der Waals surface area contributed by atoms with Crippen molar-refractivity contribution >= 4 is 65.4 Å². The molecule has 0 amide bonds. The van der Waals surface area contributed by atoms with Crippen molar-refractivity contribution in [3.63, 3.8) is 0 Å². The fraction of sp³-hybridized carbons (Fsp3) is 0.0549. The topological polar surface area (TPSA) is 66.3 Å². The molecule has 5 aromatic heterocycles. The first-order valence-corrected chi connectivity index (χ1v) is 33.6. The summed E-state index contributed by atoms with van der Waals surface area (Å²) in [5.41, 5.74) is 28.4. The molecule has 0 spiro atoms. The summed E-state index contributed by atoms with van der Waals surface area (Å²) in [5, 5.41) is 7.35. The second-order valence-corrected chi connectivity index (χ2v) is 26.0. The average molecular weight is 1260 g/mol. The maximum absolute atomic E-state index is 6.25. The maximum Gasteiger partial charge on any atom is 0.164 e. The summed E-state index contributed by atoms with van der Waals surface area (Å²) in [4.78, 5) is 22.5. The van der Waals surface area contributed by atoms with Crippen LogP contribution in [-0.2, 0) is 0 Å². The number of benzene rings is 13. The summed E-state index contributed by atoms with van der Waals surface area (Å²) in [6, 6.07) is 110. The van der Waals surface area contributed by atoms with Gasteiger partial charge in [0.2, 0.25) is 0 Å². The summed E-state index contributed by atoms with van der Waals surface area (Å²) in [6.45, 7) is 11.0.